The maximum atomic E-state index is 12.6. The molecule has 8 fully saturated rings. The number of hydrogen-bond donors (Lipinski definition) is 8. The highest BCUT2D eigenvalue weighted by Crippen LogP contribution is 2.71. The van der Waals surface area contributed by atoms with Crippen molar-refractivity contribution in [3.63, 3.8) is 0 Å². The molecule has 9 rings (SSSR count). The van der Waals surface area contributed by atoms with E-state index < -0.39 is 105 Å². The number of aliphatic hydroxyl groups excluding tert-OH is 7. The van der Waals surface area contributed by atoms with Crippen LogP contribution in [0.1, 0.15) is 183 Å². The van der Waals surface area contributed by atoms with E-state index in [1.54, 1.807) is 6.92 Å². The van der Waals surface area contributed by atoms with Gasteiger partial charge in [0.05, 0.1) is 44.2 Å². The Hall–Kier alpha value is -1.43. The Balaban J connectivity index is 0.796. The van der Waals surface area contributed by atoms with Gasteiger partial charge in [0.15, 0.2) is 24.7 Å². The van der Waals surface area contributed by atoms with E-state index in [4.69, 9.17) is 42.6 Å². The van der Waals surface area contributed by atoms with Crippen molar-refractivity contribution in [3.05, 3.63) is 11.6 Å². The van der Waals surface area contributed by atoms with Gasteiger partial charge in [-0.2, -0.15) is 0 Å². The Morgan fingerprint density at radius 1 is 0.696 bits per heavy atom. The predicted octanol–water partition coefficient (Wildman–Crippen LogP) is 6.08. The smallest absolute Gasteiger partial charge is 0.220 e. The summed E-state index contributed by atoms with van der Waals surface area (Å²) in [6, 6.07) is 0. The van der Waals surface area contributed by atoms with Crippen LogP contribution >= 0.6 is 0 Å². The first-order valence-corrected chi connectivity index (χ1v) is 31.4. The number of aliphatic hydroxyl groups is 7. The third-order valence-electron chi connectivity index (χ3n) is 21.4. The van der Waals surface area contributed by atoms with E-state index in [0.29, 0.717) is 54.8 Å². The van der Waals surface area contributed by atoms with Crippen LogP contribution in [0.2, 0.25) is 0 Å². The summed E-state index contributed by atoms with van der Waals surface area (Å²) in [6.45, 7) is 15.4. The maximum Gasteiger partial charge on any atom is 0.220 e. The summed E-state index contributed by atoms with van der Waals surface area (Å²) < 4.78 is 57.3. The number of carbonyl (C=O) groups is 1. The quantitative estimate of drug-likeness (QED) is 0.0426. The molecule has 5 aliphatic heterocycles. The van der Waals surface area contributed by atoms with E-state index in [9.17, 15) is 40.5 Å². The molecule has 5 heterocycles. The molecule has 9 aliphatic rings. The van der Waals surface area contributed by atoms with Gasteiger partial charge in [0, 0.05) is 25.3 Å². The standard InChI is InChI=1S/C61H103NO17/c1-8-9-10-11-12-13-14-15-16-17-18-19-45(64)62-28-29-71-53-37(5)74-57(51(69)49(53)67)77-54-44(32-63)76-58(55(52(54)70)78-56-50(68)48(66)47(65)36(4)73-56)75-39-23-25-59(6)38(30-39)20-21-40-41(59)24-26-60(7)42(40)31-43-46(60)35(3)61(79-43)27-22-34(2)33-72-61/h20,34-37,39-44,46-58,63,65-70H,8-19,21-33H2,1-7H3,(H,62,64)/t34-,35+,36-,37-,39+,40-,41+,42+,43+,44-,46+,47-,48+,49-,50+,51+,52+,53-,54-,55-,56-,57-,58-,59+,60+,61-/m1/s1. The molecule has 0 aromatic carbocycles. The van der Waals surface area contributed by atoms with Crippen molar-refractivity contribution in [2.75, 3.05) is 26.4 Å². The monoisotopic (exact) mass is 1120 g/mol. The zero-order chi connectivity index (χ0) is 56.4. The fourth-order valence-electron chi connectivity index (χ4n) is 16.6. The van der Waals surface area contributed by atoms with Gasteiger partial charge in [0.2, 0.25) is 5.91 Å². The van der Waals surface area contributed by atoms with Gasteiger partial charge in [-0.05, 0) is 112 Å². The first-order valence-electron chi connectivity index (χ1n) is 31.4. The van der Waals surface area contributed by atoms with Crippen molar-refractivity contribution in [2.45, 2.75) is 293 Å². The van der Waals surface area contributed by atoms with Gasteiger partial charge in [-0.1, -0.05) is 110 Å². The lowest BCUT2D eigenvalue weighted by molar-refractivity contribution is -0.389. The van der Waals surface area contributed by atoms with Gasteiger partial charge in [-0.15, -0.1) is 0 Å². The maximum absolute atomic E-state index is 12.6. The minimum Gasteiger partial charge on any atom is -0.394 e. The lowest BCUT2D eigenvalue weighted by Crippen LogP contribution is -2.66. The fraction of sp³-hybridized carbons (Fsp3) is 0.951. The molecule has 79 heavy (non-hydrogen) atoms. The van der Waals surface area contributed by atoms with Crippen LogP contribution in [0.4, 0.5) is 0 Å². The van der Waals surface area contributed by atoms with Gasteiger partial charge >= 0.3 is 0 Å². The van der Waals surface area contributed by atoms with Crippen molar-refractivity contribution in [3.8, 4) is 0 Å². The molecule has 454 valence electrons. The van der Waals surface area contributed by atoms with Gasteiger partial charge in [0.1, 0.15) is 61.0 Å². The molecule has 0 radical (unpaired) electrons. The number of unbranched alkanes of at least 4 members (excludes halogenated alkanes) is 10. The molecule has 3 saturated carbocycles. The highest BCUT2D eigenvalue weighted by Gasteiger charge is 2.69. The molecule has 1 amide bonds. The number of fused-ring (bicyclic) bond motifs is 7. The molecule has 18 nitrogen and oxygen atoms in total. The summed E-state index contributed by atoms with van der Waals surface area (Å²) in [6.07, 6.45) is 3.72. The first kappa shape index (κ1) is 62.1. The predicted molar refractivity (Wildman–Crippen MR) is 291 cm³/mol. The van der Waals surface area contributed by atoms with E-state index in [1.165, 1.54) is 63.9 Å². The summed E-state index contributed by atoms with van der Waals surface area (Å²) >= 11 is 0. The average Bonchev–Trinajstić information content (AvgIpc) is 3.21. The summed E-state index contributed by atoms with van der Waals surface area (Å²) in [5.41, 5.74) is 1.50. The number of rotatable bonds is 23. The SMILES string of the molecule is CCCCCCCCCCCCCC(=O)NCCO[C@H]1[C@H](O)[C@H](O)[C@@H](O[C@H]2[C@H](O)[C@@H](O[C@H]3O[C@H](C)[C@@H](O)[C@H](O)[C@@H]3O)[C@H](O[C@H]3CC[C@@]4(C)C(=CC[C@H]5[C@@H]6C[C@@H]7O[C@]8(CC[C@@H](C)CO8)[C@@H](C)[C@@H]7[C@@]6(C)CC[C@@H]54)C3)O[C@@H]2CO)O[C@@H]1C. The average molecular weight is 1120 g/mol. The number of amides is 1. The molecule has 0 bridgehead atoms. The second-order valence-electron chi connectivity index (χ2n) is 26.5. The Morgan fingerprint density at radius 2 is 1.37 bits per heavy atom. The summed E-state index contributed by atoms with van der Waals surface area (Å²) in [4.78, 5) is 12.6. The summed E-state index contributed by atoms with van der Waals surface area (Å²) in [7, 11) is 0. The fourth-order valence-corrected chi connectivity index (χ4v) is 16.6. The Bertz CT molecular complexity index is 1970. The molecule has 4 aliphatic carbocycles. The molecule has 1 spiro atoms. The van der Waals surface area contributed by atoms with Gasteiger partial charge < -0.3 is 83.7 Å². The van der Waals surface area contributed by atoms with Gasteiger partial charge in [-0.3, -0.25) is 4.79 Å². The lowest BCUT2D eigenvalue weighted by atomic mass is 9.47. The van der Waals surface area contributed by atoms with E-state index in [2.05, 4.69) is 46.0 Å². The van der Waals surface area contributed by atoms with Crippen LogP contribution in [-0.4, -0.2) is 178 Å². The van der Waals surface area contributed by atoms with Crippen LogP contribution in [0, 0.1) is 46.3 Å². The number of carbonyl (C=O) groups excluding carboxylic acids is 1. The Kier molecular flexibility index (Phi) is 21.1. The van der Waals surface area contributed by atoms with E-state index in [1.807, 2.05) is 0 Å². The molecule has 5 saturated heterocycles. The number of hydrogen-bond acceptors (Lipinski definition) is 17. The minimum atomic E-state index is -1.72. The molecule has 0 unspecified atom stereocenters. The topological polar surface area (TPSA) is 254 Å². The molecule has 18 heteroatoms. The van der Waals surface area contributed by atoms with Crippen molar-refractivity contribution in [1.29, 1.82) is 0 Å². The van der Waals surface area contributed by atoms with Crippen molar-refractivity contribution < 1.29 is 83.2 Å². The first-order chi connectivity index (χ1) is 37.8. The Morgan fingerprint density at radius 3 is 2.05 bits per heavy atom. The van der Waals surface area contributed by atoms with Crippen molar-refractivity contribution in [1.82, 2.24) is 5.32 Å². The zero-order valence-corrected chi connectivity index (χ0v) is 48.7. The van der Waals surface area contributed by atoms with Gasteiger partial charge in [-0.25, -0.2) is 0 Å². The molecule has 0 aromatic heterocycles. The second kappa shape index (κ2) is 26.9. The summed E-state index contributed by atoms with van der Waals surface area (Å²) in [5.74, 6) is 2.50. The normalized spacial score (nSPS) is 47.7. The highest BCUT2D eigenvalue weighted by atomic mass is 16.8. The minimum absolute atomic E-state index is 0.0328. The largest absolute Gasteiger partial charge is 0.394 e. The number of allylic oxidation sites excluding steroid dienone is 1. The number of ether oxygens (including phenoxy) is 9. The lowest BCUT2D eigenvalue weighted by Gasteiger charge is -2.58. The van der Waals surface area contributed by atoms with Crippen LogP contribution in [-0.2, 0) is 47.4 Å². The van der Waals surface area contributed by atoms with Crippen molar-refractivity contribution in [2.24, 2.45) is 46.3 Å². The molecule has 8 N–H and O–H groups in total. The summed E-state index contributed by atoms with van der Waals surface area (Å²) in [5, 5.41) is 81.2. The van der Waals surface area contributed by atoms with E-state index in [0.717, 1.165) is 70.8 Å². The highest BCUT2D eigenvalue weighted by molar-refractivity contribution is 5.75. The third kappa shape index (κ3) is 13.1. The number of nitrogens with one attached hydrogen (secondary N) is 1. The van der Waals surface area contributed by atoms with Crippen LogP contribution < -0.4 is 5.32 Å². The van der Waals surface area contributed by atoms with Crippen LogP contribution in [0.5, 0.6) is 0 Å². The Labute approximate surface area is 470 Å². The third-order valence-corrected chi connectivity index (χ3v) is 21.4. The molecular formula is C61H103NO17. The van der Waals surface area contributed by atoms with Crippen molar-refractivity contribution >= 4 is 5.91 Å². The van der Waals surface area contributed by atoms with E-state index in [-0.39, 0.29) is 42.1 Å². The van der Waals surface area contributed by atoms with Crippen LogP contribution in [0.3, 0.4) is 0 Å². The van der Waals surface area contributed by atoms with Gasteiger partial charge in [0.25, 0.3) is 0 Å². The van der Waals surface area contributed by atoms with Crippen LogP contribution in [0.25, 0.3) is 0 Å². The second-order valence-corrected chi connectivity index (χ2v) is 26.5. The molecule has 26 atom stereocenters. The van der Waals surface area contributed by atoms with Crippen LogP contribution in [0.15, 0.2) is 11.6 Å². The zero-order valence-electron chi connectivity index (χ0n) is 48.7. The molecular weight excluding hydrogens is 1020 g/mol. The molecule has 0 aromatic rings. The van der Waals surface area contributed by atoms with E-state index >= 15 is 0 Å².